The molecule has 0 amide bonds. The largest absolute Gasteiger partial charge is 1.00 e. The molecule has 24 valence electrons. The summed E-state index contributed by atoms with van der Waals surface area (Å²) in [6.45, 7) is 0. The van der Waals surface area contributed by atoms with Crippen LogP contribution < -0.4 is 58.2 Å². The number of nitrogens with zero attached hydrogens (tertiary/aromatic N) is 1. The third kappa shape index (κ3) is 44.7. The zero-order valence-electron chi connectivity index (χ0n) is 3.67. The minimum atomic E-state index is -1.75. The van der Waals surface area contributed by atoms with E-state index in [1.54, 1.807) is 0 Å². The van der Waals surface area contributed by atoms with E-state index in [9.17, 15) is 0 Å². The van der Waals surface area contributed by atoms with Gasteiger partial charge in [0.1, 0.15) is 0 Å². The summed E-state index contributed by atoms with van der Waals surface area (Å²) >= 11 is 0. The summed E-state index contributed by atoms with van der Waals surface area (Å²) in [5.41, 5.74) is 0. The Hall–Kier alpha value is 1.01. The maximum atomic E-state index is 8.25. The first kappa shape index (κ1) is 9.38. The third-order valence-corrected chi connectivity index (χ3v) is 0. The van der Waals surface area contributed by atoms with Crippen molar-refractivity contribution in [1.29, 1.82) is 0 Å². The Labute approximate surface area is 78.6 Å². The normalized spacial score (nSPS) is 4.80. The van der Waals surface area contributed by atoms with Crippen LogP contribution in [0.2, 0.25) is 0 Å². The predicted octanol–water partition coefficient (Wildman–Crippen LogP) is -3.12. The van der Waals surface area contributed by atoms with Crippen molar-refractivity contribution in [3.63, 3.8) is 0 Å². The average Bonchev–Trinajstić information content (AvgIpc) is 0.811. The Morgan fingerprint density at radius 1 is 1.60 bits per heavy atom. The van der Waals surface area contributed by atoms with E-state index in [0.717, 1.165) is 0 Å². The summed E-state index contributed by atoms with van der Waals surface area (Å²) in [6.07, 6.45) is 0. The second-order valence-electron chi connectivity index (χ2n) is 0.224. The standard InChI is InChI=1S/NO3.Rb/c2-1(3)4;/q-1;+1/p+1. The van der Waals surface area contributed by atoms with Gasteiger partial charge < -0.3 is 15.3 Å². The van der Waals surface area contributed by atoms with Crippen LogP contribution in [0.1, 0.15) is 1.43 Å². The summed E-state index contributed by atoms with van der Waals surface area (Å²) in [7, 11) is 0. The fourth-order valence-corrected chi connectivity index (χ4v) is 0. The molecular weight excluding hydrogens is 147 g/mol. The van der Waals surface area contributed by atoms with Crippen molar-refractivity contribution in [3.8, 4) is 0 Å². The molecule has 0 spiro atoms. The van der Waals surface area contributed by atoms with Gasteiger partial charge in [-0.3, -0.25) is 0 Å². The first-order valence-corrected chi connectivity index (χ1v) is 0.548. The molecule has 0 unspecified atom stereocenters. The molecule has 0 aromatic heterocycles. The van der Waals surface area contributed by atoms with E-state index in [1.807, 2.05) is 0 Å². The maximum Gasteiger partial charge on any atom is 1.00 e. The van der Waals surface area contributed by atoms with Crippen molar-refractivity contribution < 1.29 is 64.7 Å². The van der Waals surface area contributed by atoms with Gasteiger partial charge in [0, 0.05) is 0 Å². The van der Waals surface area contributed by atoms with Gasteiger partial charge in [-0.1, -0.05) is 0 Å². The first-order chi connectivity index (χ1) is 1.73. The summed E-state index contributed by atoms with van der Waals surface area (Å²) in [6, 6.07) is 0. The molecule has 0 radical (unpaired) electrons. The minimum absolute atomic E-state index is 0. The SMILES string of the molecule is O=[N+]([O-])[O-].[H+].[Rb+]. The van der Waals surface area contributed by atoms with Gasteiger partial charge in [0.25, 0.3) is 0 Å². The van der Waals surface area contributed by atoms with Crippen LogP contribution in [0.25, 0.3) is 0 Å². The zero-order valence-corrected chi connectivity index (χ0v) is 7.59. The van der Waals surface area contributed by atoms with Crippen LogP contribution in [0, 0.1) is 15.3 Å². The molecule has 0 saturated heterocycles. The van der Waals surface area contributed by atoms with E-state index in [1.165, 1.54) is 0 Å². The molecule has 0 aliphatic heterocycles. The quantitative estimate of drug-likeness (QED) is 0.270. The fourth-order valence-electron chi connectivity index (χ4n) is 0. The van der Waals surface area contributed by atoms with Crippen LogP contribution in [-0.2, 0) is 0 Å². The monoisotopic (exact) mass is 148 g/mol. The van der Waals surface area contributed by atoms with Gasteiger partial charge in [-0.2, -0.15) is 0 Å². The van der Waals surface area contributed by atoms with Crippen LogP contribution >= 0.6 is 0 Å². The Kier molecular flexibility index (Phi) is 9.39. The Morgan fingerprint density at radius 3 is 1.60 bits per heavy atom. The summed E-state index contributed by atoms with van der Waals surface area (Å²) in [5.74, 6) is 0. The number of hydrogen-bond acceptors (Lipinski definition) is 3. The van der Waals surface area contributed by atoms with Gasteiger partial charge in [0.2, 0.25) is 0 Å². The Morgan fingerprint density at radius 2 is 1.60 bits per heavy atom. The van der Waals surface area contributed by atoms with E-state index in [0.29, 0.717) is 0 Å². The first-order valence-electron chi connectivity index (χ1n) is 0.548. The zero-order chi connectivity index (χ0) is 3.58. The number of rotatable bonds is 0. The molecular formula is HNO3Rb+. The maximum absolute atomic E-state index is 8.25. The summed E-state index contributed by atoms with van der Waals surface area (Å²) < 4.78 is 0. The van der Waals surface area contributed by atoms with E-state index in [2.05, 4.69) is 0 Å². The molecule has 0 aliphatic carbocycles. The average molecular weight is 148 g/mol. The van der Waals surface area contributed by atoms with E-state index < -0.39 is 5.09 Å². The van der Waals surface area contributed by atoms with Crippen molar-refractivity contribution in [2.75, 3.05) is 0 Å². The molecule has 0 atom stereocenters. The molecule has 0 saturated carbocycles. The van der Waals surface area contributed by atoms with E-state index in [-0.39, 0.29) is 59.6 Å². The molecule has 0 fully saturated rings. The molecule has 0 aliphatic rings. The summed E-state index contributed by atoms with van der Waals surface area (Å²) in [4.78, 5) is 8.25. The van der Waals surface area contributed by atoms with Crippen molar-refractivity contribution >= 4 is 0 Å². The van der Waals surface area contributed by atoms with Crippen molar-refractivity contribution in [3.05, 3.63) is 15.3 Å². The van der Waals surface area contributed by atoms with Crippen LogP contribution in [-0.4, -0.2) is 5.09 Å². The van der Waals surface area contributed by atoms with E-state index >= 15 is 0 Å². The topological polar surface area (TPSA) is 66.2 Å². The molecule has 0 aromatic carbocycles. The molecule has 4 nitrogen and oxygen atoms in total. The van der Waals surface area contributed by atoms with Crippen LogP contribution in [0.15, 0.2) is 0 Å². The summed E-state index contributed by atoms with van der Waals surface area (Å²) in [5, 5.41) is 14.8. The molecule has 0 N–H and O–H groups in total. The van der Waals surface area contributed by atoms with Crippen LogP contribution in [0.3, 0.4) is 0 Å². The van der Waals surface area contributed by atoms with Crippen LogP contribution in [0.5, 0.6) is 0 Å². The third-order valence-electron chi connectivity index (χ3n) is 0. The Balaban J connectivity index is -0.0000000450. The predicted molar refractivity (Wildman–Crippen MR) is 11.5 cm³/mol. The van der Waals surface area contributed by atoms with Crippen LogP contribution in [0.4, 0.5) is 0 Å². The smallest absolute Gasteiger partial charge is 0.356 e. The van der Waals surface area contributed by atoms with Crippen molar-refractivity contribution in [2.24, 2.45) is 0 Å². The van der Waals surface area contributed by atoms with Crippen molar-refractivity contribution in [2.45, 2.75) is 0 Å². The second-order valence-corrected chi connectivity index (χ2v) is 0.224. The molecule has 0 rings (SSSR count). The molecule has 5 heteroatoms. The minimum Gasteiger partial charge on any atom is -0.356 e. The fraction of sp³-hybridized carbons (Fsp3) is 0. The van der Waals surface area contributed by atoms with Gasteiger partial charge in [0.15, 0.2) is 0 Å². The van der Waals surface area contributed by atoms with E-state index in [4.69, 9.17) is 15.3 Å². The van der Waals surface area contributed by atoms with Gasteiger partial charge >= 0.3 is 59.6 Å². The van der Waals surface area contributed by atoms with Gasteiger partial charge in [-0.05, 0) is 0 Å². The van der Waals surface area contributed by atoms with Gasteiger partial charge in [-0.15, -0.1) is 0 Å². The molecule has 0 bridgehead atoms. The molecule has 5 heavy (non-hydrogen) atoms. The van der Waals surface area contributed by atoms with Gasteiger partial charge in [-0.25, -0.2) is 0 Å². The number of hydrogen-bond donors (Lipinski definition) is 0. The Bertz CT molecular complexity index is 33.8. The molecule has 0 heterocycles. The molecule has 0 aromatic rings. The van der Waals surface area contributed by atoms with Gasteiger partial charge in [0.05, 0.1) is 5.09 Å². The second kappa shape index (κ2) is 5.01. The van der Waals surface area contributed by atoms with Crippen molar-refractivity contribution in [1.82, 2.24) is 0 Å².